The molecule has 9 nitrogen and oxygen atoms in total. The minimum absolute atomic E-state index is 0.0513. The molecule has 5 rings (SSSR count). The van der Waals surface area contributed by atoms with Gasteiger partial charge in [0.05, 0.1) is 13.7 Å². The summed E-state index contributed by atoms with van der Waals surface area (Å²) in [5, 5.41) is 3.27. The summed E-state index contributed by atoms with van der Waals surface area (Å²) < 4.78 is 58.5. The first kappa shape index (κ1) is 29.4. The molecule has 0 saturated carbocycles. The van der Waals surface area contributed by atoms with Gasteiger partial charge in [0.25, 0.3) is 0 Å². The van der Waals surface area contributed by atoms with Crippen molar-refractivity contribution in [1.82, 2.24) is 15.3 Å². The summed E-state index contributed by atoms with van der Waals surface area (Å²) in [5.41, 5.74) is 7.34. The number of nitrogens with zero attached hydrogens (tertiary/aromatic N) is 3. The number of nitrogen functional groups attached to an aromatic ring is 1. The van der Waals surface area contributed by atoms with Crippen molar-refractivity contribution in [3.63, 3.8) is 0 Å². The molecular weight excluding hydrogens is 551 g/mol. The molecule has 0 amide bonds. The van der Waals surface area contributed by atoms with Crippen molar-refractivity contribution in [3.8, 4) is 22.8 Å². The van der Waals surface area contributed by atoms with Crippen LogP contribution in [0, 0.1) is 5.41 Å². The molecule has 0 bridgehead atoms. The Hall–Kier alpha value is -4.06. The monoisotopic (exact) mass is 585 g/mol. The molecule has 2 aliphatic heterocycles. The lowest BCUT2D eigenvalue weighted by Gasteiger charge is -2.39. The van der Waals surface area contributed by atoms with Crippen molar-refractivity contribution in [3.05, 3.63) is 60.2 Å². The largest absolute Gasteiger partial charge is 0.497 e. The zero-order valence-electron chi connectivity index (χ0n) is 23.5. The number of ether oxygens (including phenoxy) is 3. The maximum atomic E-state index is 14.2. The zero-order valence-corrected chi connectivity index (χ0v) is 23.5. The third-order valence-corrected chi connectivity index (χ3v) is 7.94. The SMILES string of the molecule is CCOC(=O)C1CC2(CCN(c3cc(O[C@H](c4ccc(-c5cccc(OC)c5)cc4)C(F)(F)F)nc(N)n3)CC2)CN1. The quantitative estimate of drug-likeness (QED) is 0.356. The molecule has 2 atom stereocenters. The predicted molar refractivity (Wildman–Crippen MR) is 151 cm³/mol. The number of benzene rings is 2. The Bertz CT molecular complexity index is 1390. The van der Waals surface area contributed by atoms with Gasteiger partial charge in [0.15, 0.2) is 0 Å². The molecule has 0 aliphatic carbocycles. The number of aromatic nitrogens is 2. The Morgan fingerprint density at radius 1 is 1.12 bits per heavy atom. The average molecular weight is 586 g/mol. The van der Waals surface area contributed by atoms with Gasteiger partial charge in [-0.1, -0.05) is 36.4 Å². The van der Waals surface area contributed by atoms with E-state index in [2.05, 4.69) is 15.3 Å². The van der Waals surface area contributed by atoms with Gasteiger partial charge in [-0.25, -0.2) is 0 Å². The number of nitrogens with two attached hydrogens (primary N) is 1. The van der Waals surface area contributed by atoms with Crippen LogP contribution in [0.15, 0.2) is 54.6 Å². The number of rotatable bonds is 8. The molecule has 1 aromatic heterocycles. The normalized spacial score (nSPS) is 19.0. The van der Waals surface area contributed by atoms with Crippen LogP contribution in [0.5, 0.6) is 11.6 Å². The number of methoxy groups -OCH3 is 1. The molecule has 2 fully saturated rings. The highest BCUT2D eigenvalue weighted by molar-refractivity contribution is 5.76. The summed E-state index contributed by atoms with van der Waals surface area (Å²) in [6.45, 7) is 4.02. The molecule has 2 aromatic carbocycles. The van der Waals surface area contributed by atoms with Gasteiger partial charge in [0.2, 0.25) is 17.9 Å². The third kappa shape index (κ3) is 6.53. The number of esters is 1. The number of piperidine rings is 1. The first-order chi connectivity index (χ1) is 20.1. The molecule has 42 heavy (non-hydrogen) atoms. The van der Waals surface area contributed by atoms with E-state index in [1.807, 2.05) is 23.1 Å². The predicted octanol–water partition coefficient (Wildman–Crippen LogP) is 4.93. The van der Waals surface area contributed by atoms with E-state index in [4.69, 9.17) is 19.9 Å². The third-order valence-electron chi connectivity index (χ3n) is 7.94. The lowest BCUT2D eigenvalue weighted by molar-refractivity contribution is -0.198. The van der Waals surface area contributed by atoms with Gasteiger partial charge in [-0.15, -0.1) is 0 Å². The molecule has 224 valence electrons. The van der Waals surface area contributed by atoms with Gasteiger partial charge in [0, 0.05) is 31.3 Å². The fraction of sp³-hybridized carbons (Fsp3) is 0.433. The Kier molecular flexibility index (Phi) is 8.44. The lowest BCUT2D eigenvalue weighted by atomic mass is 9.76. The van der Waals surface area contributed by atoms with Gasteiger partial charge in [-0.3, -0.25) is 4.79 Å². The van der Waals surface area contributed by atoms with Gasteiger partial charge in [-0.05, 0) is 54.9 Å². The molecule has 1 spiro atoms. The highest BCUT2D eigenvalue weighted by atomic mass is 19.4. The van der Waals surface area contributed by atoms with Crippen molar-refractivity contribution < 1.29 is 32.2 Å². The van der Waals surface area contributed by atoms with Gasteiger partial charge >= 0.3 is 12.1 Å². The second kappa shape index (κ2) is 12.0. The van der Waals surface area contributed by atoms with E-state index in [1.165, 1.54) is 18.2 Å². The van der Waals surface area contributed by atoms with Crippen molar-refractivity contribution >= 4 is 17.7 Å². The molecule has 3 N–H and O–H groups in total. The fourth-order valence-corrected chi connectivity index (χ4v) is 5.67. The van der Waals surface area contributed by atoms with Crippen LogP contribution in [0.2, 0.25) is 0 Å². The molecular formula is C30H34F3N5O4. The summed E-state index contributed by atoms with van der Waals surface area (Å²) in [6.07, 6.45) is -4.72. The number of alkyl halides is 3. The van der Waals surface area contributed by atoms with Crippen LogP contribution in [0.4, 0.5) is 24.9 Å². The molecule has 1 unspecified atom stereocenters. The molecule has 3 aromatic rings. The van der Waals surface area contributed by atoms with E-state index in [-0.39, 0.29) is 34.8 Å². The number of hydrogen-bond acceptors (Lipinski definition) is 9. The topological polar surface area (TPSA) is 112 Å². The van der Waals surface area contributed by atoms with Crippen LogP contribution in [-0.2, 0) is 9.53 Å². The molecule has 2 saturated heterocycles. The Balaban J connectivity index is 1.29. The molecule has 0 radical (unpaired) electrons. The van der Waals surface area contributed by atoms with E-state index in [0.717, 1.165) is 24.0 Å². The standard InChI is InChI=1S/C30H34F3N5O4/c1-3-41-27(39)23-17-29(18-35-23)11-13-38(14-12-29)24-16-25(37-28(34)36-24)42-26(30(31,32)33)20-9-7-19(8-10-20)21-5-4-6-22(15-21)40-2/h4-10,15-16,23,26,35H,3,11-14,17-18H2,1-2H3,(H2,34,36,37)/t23?,26-/m1/s1. The second-order valence-electron chi connectivity index (χ2n) is 10.7. The average Bonchev–Trinajstić information content (AvgIpc) is 3.39. The minimum atomic E-state index is -4.71. The summed E-state index contributed by atoms with van der Waals surface area (Å²) in [6, 6.07) is 14.3. The van der Waals surface area contributed by atoms with E-state index >= 15 is 0 Å². The van der Waals surface area contributed by atoms with Gasteiger partial charge in [0.1, 0.15) is 17.6 Å². The Morgan fingerprint density at radius 3 is 2.52 bits per heavy atom. The Labute approximate surface area is 242 Å². The van der Waals surface area contributed by atoms with Crippen LogP contribution < -0.4 is 25.4 Å². The highest BCUT2D eigenvalue weighted by Gasteiger charge is 2.45. The van der Waals surface area contributed by atoms with Crippen LogP contribution in [0.1, 0.15) is 37.9 Å². The number of carbonyl (C=O) groups excluding carboxylic acids is 1. The van der Waals surface area contributed by atoms with E-state index in [1.54, 1.807) is 32.2 Å². The Morgan fingerprint density at radius 2 is 1.86 bits per heavy atom. The van der Waals surface area contributed by atoms with Crippen molar-refractivity contribution in [1.29, 1.82) is 0 Å². The maximum Gasteiger partial charge on any atom is 0.429 e. The van der Waals surface area contributed by atoms with Crippen molar-refractivity contribution in [2.75, 3.05) is 44.0 Å². The van der Waals surface area contributed by atoms with Crippen molar-refractivity contribution in [2.24, 2.45) is 5.41 Å². The number of anilines is 2. The number of hydrogen-bond donors (Lipinski definition) is 2. The lowest BCUT2D eigenvalue weighted by Crippen LogP contribution is -2.41. The number of carbonyl (C=O) groups is 1. The van der Waals surface area contributed by atoms with Gasteiger partial charge in [-0.2, -0.15) is 23.1 Å². The molecule has 3 heterocycles. The van der Waals surface area contributed by atoms with E-state index in [9.17, 15) is 18.0 Å². The second-order valence-corrected chi connectivity index (χ2v) is 10.7. The van der Waals surface area contributed by atoms with Crippen LogP contribution in [0.25, 0.3) is 11.1 Å². The zero-order chi connectivity index (χ0) is 29.9. The number of nitrogens with one attached hydrogen (secondary N) is 1. The molecule has 2 aliphatic rings. The number of halogens is 3. The summed E-state index contributed by atoms with van der Waals surface area (Å²) in [7, 11) is 1.55. The summed E-state index contributed by atoms with van der Waals surface area (Å²) in [4.78, 5) is 22.4. The van der Waals surface area contributed by atoms with Crippen LogP contribution in [-0.4, -0.2) is 61.5 Å². The van der Waals surface area contributed by atoms with Gasteiger partial charge < -0.3 is 30.2 Å². The van der Waals surface area contributed by atoms with E-state index in [0.29, 0.717) is 44.2 Å². The summed E-state index contributed by atoms with van der Waals surface area (Å²) in [5.74, 6) is 0.365. The maximum absolute atomic E-state index is 14.2. The van der Waals surface area contributed by atoms with Crippen LogP contribution in [0.3, 0.4) is 0 Å². The fourth-order valence-electron chi connectivity index (χ4n) is 5.67. The minimum Gasteiger partial charge on any atom is -0.497 e. The van der Waals surface area contributed by atoms with Crippen LogP contribution >= 0.6 is 0 Å². The first-order valence-corrected chi connectivity index (χ1v) is 13.9. The summed E-state index contributed by atoms with van der Waals surface area (Å²) >= 11 is 0. The highest BCUT2D eigenvalue weighted by Crippen LogP contribution is 2.42. The smallest absolute Gasteiger partial charge is 0.429 e. The van der Waals surface area contributed by atoms with E-state index < -0.39 is 12.3 Å². The molecule has 12 heteroatoms. The first-order valence-electron chi connectivity index (χ1n) is 13.9. The van der Waals surface area contributed by atoms with Crippen molar-refractivity contribution in [2.45, 2.75) is 44.5 Å².